The van der Waals surface area contributed by atoms with Crippen LogP contribution in [0.1, 0.15) is 25.6 Å². The van der Waals surface area contributed by atoms with E-state index in [0.717, 1.165) is 5.13 Å². The molecule has 0 aliphatic carbocycles. The molecule has 0 amide bonds. The van der Waals surface area contributed by atoms with Gasteiger partial charge in [-0.25, -0.2) is 4.98 Å². The van der Waals surface area contributed by atoms with E-state index in [9.17, 15) is 0 Å². The minimum absolute atomic E-state index is 0.306. The molecule has 0 bridgehead atoms. The lowest BCUT2D eigenvalue weighted by Crippen LogP contribution is -2.32. The zero-order valence-corrected chi connectivity index (χ0v) is 10.9. The molecule has 1 atom stereocenters. The van der Waals surface area contributed by atoms with Gasteiger partial charge in [-0.15, -0.1) is 0 Å². The first-order chi connectivity index (χ1) is 6.97. The highest BCUT2D eigenvalue weighted by molar-refractivity contribution is 7.16. The summed E-state index contributed by atoms with van der Waals surface area (Å²) in [7, 11) is 1.97. The minimum Gasteiger partial charge on any atom is -0.348 e. The van der Waals surface area contributed by atoms with E-state index in [1.807, 2.05) is 13.1 Å². The van der Waals surface area contributed by atoms with Crippen LogP contribution in [0.15, 0.2) is 0 Å². The summed E-state index contributed by atoms with van der Waals surface area (Å²) in [5, 5.41) is 9.89. The van der Waals surface area contributed by atoms with Crippen LogP contribution in [0.3, 0.4) is 0 Å². The maximum absolute atomic E-state index is 8.78. The molecule has 1 unspecified atom stereocenters. The first-order valence-electron chi connectivity index (χ1n) is 4.76. The van der Waals surface area contributed by atoms with Crippen LogP contribution in [0.2, 0.25) is 5.15 Å². The van der Waals surface area contributed by atoms with Crippen LogP contribution in [0, 0.1) is 17.2 Å². The van der Waals surface area contributed by atoms with Crippen molar-refractivity contribution in [1.82, 2.24) is 4.98 Å². The van der Waals surface area contributed by atoms with Gasteiger partial charge in [0.15, 0.2) is 10.3 Å². The van der Waals surface area contributed by atoms with Crippen LogP contribution in [-0.2, 0) is 0 Å². The molecule has 15 heavy (non-hydrogen) atoms. The summed E-state index contributed by atoms with van der Waals surface area (Å²) in [5.41, 5.74) is 0. The van der Waals surface area contributed by atoms with E-state index < -0.39 is 0 Å². The summed E-state index contributed by atoms with van der Waals surface area (Å²) >= 11 is 7.16. The van der Waals surface area contributed by atoms with Gasteiger partial charge in [0, 0.05) is 13.1 Å². The third-order valence-electron chi connectivity index (χ3n) is 2.55. The molecule has 0 fully saturated rings. The Balaban J connectivity index is 2.92. The number of hydrogen-bond acceptors (Lipinski definition) is 4. The molecule has 0 saturated heterocycles. The van der Waals surface area contributed by atoms with E-state index in [1.165, 1.54) is 11.3 Å². The molecule has 1 heterocycles. The van der Waals surface area contributed by atoms with Crippen molar-refractivity contribution < 1.29 is 0 Å². The van der Waals surface area contributed by atoms with Crippen LogP contribution in [-0.4, -0.2) is 18.1 Å². The van der Waals surface area contributed by atoms with E-state index in [2.05, 4.69) is 30.7 Å². The summed E-state index contributed by atoms with van der Waals surface area (Å²) in [6, 6.07) is 2.41. The van der Waals surface area contributed by atoms with Gasteiger partial charge in [0.1, 0.15) is 10.9 Å². The standard InChI is InChI=1S/C10H14ClN3S/c1-6(2)7(3)14(4)10-13-9(11)8(5-12)15-10/h6-7H,1-4H3. The lowest BCUT2D eigenvalue weighted by atomic mass is 10.1. The Morgan fingerprint density at radius 1 is 1.47 bits per heavy atom. The van der Waals surface area contributed by atoms with Gasteiger partial charge in [0.25, 0.3) is 0 Å². The molecule has 0 spiro atoms. The van der Waals surface area contributed by atoms with Crippen LogP contribution < -0.4 is 4.90 Å². The van der Waals surface area contributed by atoms with Crippen LogP contribution in [0.25, 0.3) is 0 Å². The first-order valence-corrected chi connectivity index (χ1v) is 5.96. The average Bonchev–Trinajstić information content (AvgIpc) is 2.57. The SMILES string of the molecule is CC(C)C(C)N(C)c1nc(Cl)c(C#N)s1. The van der Waals surface area contributed by atoms with E-state index in [0.29, 0.717) is 22.0 Å². The van der Waals surface area contributed by atoms with Gasteiger partial charge in [-0.3, -0.25) is 0 Å². The van der Waals surface area contributed by atoms with Crippen molar-refractivity contribution in [2.24, 2.45) is 5.92 Å². The molecule has 1 rings (SSSR count). The number of hydrogen-bond donors (Lipinski definition) is 0. The summed E-state index contributed by atoms with van der Waals surface area (Å²) in [6.45, 7) is 6.44. The zero-order valence-electron chi connectivity index (χ0n) is 9.28. The number of aromatic nitrogens is 1. The fourth-order valence-corrected chi connectivity index (χ4v) is 2.23. The predicted molar refractivity (Wildman–Crippen MR) is 64.5 cm³/mol. The molecule has 0 saturated carbocycles. The second-order valence-corrected chi connectivity index (χ2v) is 5.16. The first kappa shape index (κ1) is 12.3. The monoisotopic (exact) mass is 243 g/mol. The number of thiazole rings is 1. The third-order valence-corrected chi connectivity index (χ3v) is 3.99. The van der Waals surface area contributed by atoms with Gasteiger partial charge in [-0.2, -0.15) is 5.26 Å². The summed E-state index contributed by atoms with van der Waals surface area (Å²) in [6.07, 6.45) is 0. The number of nitrogens with zero attached hydrogens (tertiary/aromatic N) is 3. The maximum atomic E-state index is 8.78. The topological polar surface area (TPSA) is 39.9 Å². The van der Waals surface area contributed by atoms with Crippen molar-refractivity contribution in [3.63, 3.8) is 0 Å². The Kier molecular flexibility index (Phi) is 3.95. The van der Waals surface area contributed by atoms with Crippen molar-refractivity contribution in [3.8, 4) is 6.07 Å². The van der Waals surface area contributed by atoms with Crippen LogP contribution >= 0.6 is 22.9 Å². The van der Waals surface area contributed by atoms with Gasteiger partial charge in [-0.05, 0) is 12.8 Å². The van der Waals surface area contributed by atoms with Gasteiger partial charge in [0.05, 0.1) is 0 Å². The van der Waals surface area contributed by atoms with E-state index >= 15 is 0 Å². The Hall–Kier alpha value is -0.790. The molecule has 5 heteroatoms. The Bertz CT molecular complexity index is 381. The molecule has 3 nitrogen and oxygen atoms in total. The van der Waals surface area contributed by atoms with Gasteiger partial charge >= 0.3 is 0 Å². The molecular formula is C10H14ClN3S. The van der Waals surface area contributed by atoms with Gasteiger partial charge in [-0.1, -0.05) is 36.8 Å². The Morgan fingerprint density at radius 2 is 2.07 bits per heavy atom. The smallest absolute Gasteiger partial charge is 0.188 e. The maximum Gasteiger partial charge on any atom is 0.188 e. The highest BCUT2D eigenvalue weighted by atomic mass is 35.5. The Morgan fingerprint density at radius 3 is 2.47 bits per heavy atom. The molecule has 82 valence electrons. The lowest BCUT2D eigenvalue weighted by molar-refractivity contribution is 0.505. The molecule has 0 aromatic carbocycles. The van der Waals surface area contributed by atoms with E-state index in [-0.39, 0.29) is 0 Å². The highest BCUT2D eigenvalue weighted by Crippen LogP contribution is 2.30. The normalized spacial score (nSPS) is 12.6. The number of halogens is 1. The van der Waals surface area contributed by atoms with Crippen molar-refractivity contribution in [2.75, 3.05) is 11.9 Å². The summed E-state index contributed by atoms with van der Waals surface area (Å²) in [4.78, 5) is 6.71. The quantitative estimate of drug-likeness (QED) is 0.819. The second-order valence-electron chi connectivity index (χ2n) is 3.82. The molecule has 0 aliphatic heterocycles. The lowest BCUT2D eigenvalue weighted by Gasteiger charge is -2.27. The molecule has 1 aromatic heterocycles. The van der Waals surface area contributed by atoms with Gasteiger partial charge < -0.3 is 4.90 Å². The second kappa shape index (κ2) is 4.82. The predicted octanol–water partition coefficient (Wildman–Crippen LogP) is 3.15. The number of anilines is 1. The van der Waals surface area contributed by atoms with E-state index in [1.54, 1.807) is 0 Å². The zero-order chi connectivity index (χ0) is 11.6. The van der Waals surface area contributed by atoms with E-state index in [4.69, 9.17) is 16.9 Å². The van der Waals surface area contributed by atoms with Crippen LogP contribution in [0.5, 0.6) is 0 Å². The van der Waals surface area contributed by atoms with Crippen molar-refractivity contribution >= 4 is 28.1 Å². The third kappa shape index (κ3) is 2.61. The molecule has 1 aromatic rings. The highest BCUT2D eigenvalue weighted by Gasteiger charge is 2.18. The van der Waals surface area contributed by atoms with Crippen LogP contribution in [0.4, 0.5) is 5.13 Å². The average molecular weight is 244 g/mol. The number of rotatable bonds is 3. The molecule has 0 N–H and O–H groups in total. The number of nitriles is 1. The van der Waals surface area contributed by atoms with Crippen molar-refractivity contribution in [2.45, 2.75) is 26.8 Å². The van der Waals surface area contributed by atoms with Gasteiger partial charge in [0.2, 0.25) is 0 Å². The van der Waals surface area contributed by atoms with Crippen molar-refractivity contribution in [1.29, 1.82) is 5.26 Å². The molecule has 0 radical (unpaired) electrons. The Labute approximate surface area is 99.3 Å². The largest absolute Gasteiger partial charge is 0.348 e. The molecule has 0 aliphatic rings. The fraction of sp³-hybridized carbons (Fsp3) is 0.600. The minimum atomic E-state index is 0.306. The fourth-order valence-electron chi connectivity index (χ4n) is 1.13. The summed E-state index contributed by atoms with van der Waals surface area (Å²) < 4.78 is 0. The van der Waals surface area contributed by atoms with Crippen molar-refractivity contribution in [3.05, 3.63) is 10.0 Å². The summed E-state index contributed by atoms with van der Waals surface area (Å²) in [5.74, 6) is 0.531. The molecular weight excluding hydrogens is 230 g/mol.